The van der Waals surface area contributed by atoms with Gasteiger partial charge in [0.25, 0.3) is 5.91 Å². The lowest BCUT2D eigenvalue weighted by Crippen LogP contribution is -2.36. The Bertz CT molecular complexity index is 622. The number of aryl methyl sites for hydroxylation is 1. The number of carbonyl (C=O) groups excluding carboxylic acids is 1. The van der Waals surface area contributed by atoms with Gasteiger partial charge in [-0.3, -0.25) is 4.79 Å². The molecule has 0 aliphatic heterocycles. The van der Waals surface area contributed by atoms with Crippen molar-refractivity contribution < 1.29 is 9.90 Å². The average molecular weight is 273 g/mol. The predicted molar refractivity (Wildman–Crippen MR) is 78.0 cm³/mol. The van der Waals surface area contributed by atoms with Crippen molar-refractivity contribution in [3.05, 3.63) is 42.0 Å². The molecular weight excluding hydrogens is 254 g/mol. The number of amides is 1. The fourth-order valence-corrected chi connectivity index (χ4v) is 1.75. The van der Waals surface area contributed by atoms with Crippen molar-refractivity contribution in [2.45, 2.75) is 33.3 Å². The smallest absolute Gasteiger partial charge is 0.255 e. The summed E-state index contributed by atoms with van der Waals surface area (Å²) >= 11 is 0. The summed E-state index contributed by atoms with van der Waals surface area (Å²) in [6.45, 7) is 6.87. The highest BCUT2D eigenvalue weighted by Gasteiger charge is 2.23. The minimum absolute atomic E-state index is 0.431. The van der Waals surface area contributed by atoms with Crippen LogP contribution in [0.1, 0.15) is 25.2 Å². The first-order chi connectivity index (χ1) is 9.29. The standard InChI is InChI=1S/C15H19N3O2/c1-10-11(2)18(9-16-10)13-7-5-12(6-8-13)17-14(19)15(3,4)20/h5-9,20H,1-4H3,(H,17,19). The van der Waals surface area contributed by atoms with Crippen molar-refractivity contribution in [2.24, 2.45) is 0 Å². The van der Waals surface area contributed by atoms with Gasteiger partial charge in [-0.05, 0) is 52.0 Å². The zero-order valence-electron chi connectivity index (χ0n) is 12.1. The van der Waals surface area contributed by atoms with Gasteiger partial charge in [0.15, 0.2) is 0 Å². The number of carbonyl (C=O) groups is 1. The Morgan fingerprint density at radius 1 is 1.25 bits per heavy atom. The van der Waals surface area contributed by atoms with Crippen molar-refractivity contribution >= 4 is 11.6 Å². The fraction of sp³-hybridized carbons (Fsp3) is 0.333. The van der Waals surface area contributed by atoms with Gasteiger partial charge in [0, 0.05) is 17.1 Å². The highest BCUT2D eigenvalue weighted by molar-refractivity contribution is 5.96. The highest BCUT2D eigenvalue weighted by atomic mass is 16.3. The van der Waals surface area contributed by atoms with Crippen LogP contribution in [-0.2, 0) is 4.79 Å². The zero-order valence-corrected chi connectivity index (χ0v) is 12.1. The Kier molecular flexibility index (Phi) is 3.63. The molecule has 2 rings (SSSR count). The number of hydrogen-bond donors (Lipinski definition) is 2. The number of imidazole rings is 1. The highest BCUT2D eigenvalue weighted by Crippen LogP contribution is 2.17. The maximum Gasteiger partial charge on any atom is 0.255 e. The van der Waals surface area contributed by atoms with E-state index in [0.717, 1.165) is 17.1 Å². The molecule has 5 heteroatoms. The molecule has 1 aromatic heterocycles. The number of hydrogen-bond acceptors (Lipinski definition) is 3. The Hall–Kier alpha value is -2.14. The maximum atomic E-state index is 11.7. The molecule has 0 aliphatic rings. The molecule has 0 unspecified atom stereocenters. The molecular formula is C15H19N3O2. The van der Waals surface area contributed by atoms with E-state index in [1.54, 1.807) is 18.5 Å². The molecule has 0 saturated heterocycles. The van der Waals surface area contributed by atoms with Gasteiger partial charge < -0.3 is 15.0 Å². The van der Waals surface area contributed by atoms with Crippen LogP contribution in [0.3, 0.4) is 0 Å². The quantitative estimate of drug-likeness (QED) is 0.901. The van der Waals surface area contributed by atoms with Crippen molar-refractivity contribution in [2.75, 3.05) is 5.32 Å². The SMILES string of the molecule is Cc1ncn(-c2ccc(NC(=O)C(C)(C)O)cc2)c1C. The second-order valence-corrected chi connectivity index (χ2v) is 5.35. The van der Waals surface area contributed by atoms with E-state index < -0.39 is 11.5 Å². The summed E-state index contributed by atoms with van der Waals surface area (Å²) in [4.78, 5) is 15.9. The summed E-state index contributed by atoms with van der Waals surface area (Å²) in [5.41, 5.74) is 2.30. The molecule has 0 fully saturated rings. The van der Waals surface area contributed by atoms with Crippen LogP contribution in [0.25, 0.3) is 5.69 Å². The van der Waals surface area contributed by atoms with E-state index in [4.69, 9.17) is 0 Å². The molecule has 2 N–H and O–H groups in total. The van der Waals surface area contributed by atoms with Gasteiger partial charge in [-0.25, -0.2) is 4.98 Å². The molecule has 0 spiro atoms. The van der Waals surface area contributed by atoms with Gasteiger partial charge in [0.2, 0.25) is 0 Å². The third-order valence-electron chi connectivity index (χ3n) is 3.21. The van der Waals surface area contributed by atoms with Crippen LogP contribution in [-0.4, -0.2) is 26.2 Å². The summed E-state index contributed by atoms with van der Waals surface area (Å²) in [5, 5.41) is 12.3. The maximum absolute atomic E-state index is 11.7. The number of nitrogens with zero attached hydrogens (tertiary/aromatic N) is 2. The summed E-state index contributed by atoms with van der Waals surface area (Å²) < 4.78 is 1.98. The Morgan fingerprint density at radius 2 is 1.85 bits per heavy atom. The molecule has 5 nitrogen and oxygen atoms in total. The molecule has 0 bridgehead atoms. The summed E-state index contributed by atoms with van der Waals surface area (Å²) in [6.07, 6.45) is 1.77. The van der Waals surface area contributed by atoms with Crippen molar-refractivity contribution in [1.82, 2.24) is 9.55 Å². The Morgan fingerprint density at radius 3 is 2.30 bits per heavy atom. The average Bonchev–Trinajstić information content (AvgIpc) is 2.70. The van der Waals surface area contributed by atoms with E-state index >= 15 is 0 Å². The largest absolute Gasteiger partial charge is 0.381 e. The molecule has 0 aliphatic carbocycles. The van der Waals surface area contributed by atoms with Gasteiger partial charge >= 0.3 is 0 Å². The monoisotopic (exact) mass is 273 g/mol. The number of nitrogens with one attached hydrogen (secondary N) is 1. The van der Waals surface area contributed by atoms with E-state index in [9.17, 15) is 9.90 Å². The van der Waals surface area contributed by atoms with Crippen LogP contribution in [0.2, 0.25) is 0 Å². The van der Waals surface area contributed by atoms with Crippen LogP contribution in [0.15, 0.2) is 30.6 Å². The normalized spacial score (nSPS) is 11.4. The van der Waals surface area contributed by atoms with Crippen LogP contribution in [0, 0.1) is 13.8 Å². The van der Waals surface area contributed by atoms with Crippen molar-refractivity contribution in [3.8, 4) is 5.69 Å². The second kappa shape index (κ2) is 5.09. The molecule has 0 atom stereocenters. The van der Waals surface area contributed by atoms with Crippen LogP contribution in [0.4, 0.5) is 5.69 Å². The molecule has 1 aromatic carbocycles. The number of aromatic nitrogens is 2. The second-order valence-electron chi connectivity index (χ2n) is 5.35. The topological polar surface area (TPSA) is 67.2 Å². The van der Waals surface area contributed by atoms with Gasteiger partial charge in [-0.2, -0.15) is 0 Å². The molecule has 1 amide bonds. The minimum atomic E-state index is -1.39. The molecule has 106 valence electrons. The van der Waals surface area contributed by atoms with Gasteiger partial charge in [-0.15, -0.1) is 0 Å². The van der Waals surface area contributed by atoms with Crippen LogP contribution < -0.4 is 5.32 Å². The first-order valence-corrected chi connectivity index (χ1v) is 6.44. The fourth-order valence-electron chi connectivity index (χ4n) is 1.75. The number of benzene rings is 1. The van der Waals surface area contributed by atoms with Gasteiger partial charge in [0.05, 0.1) is 12.0 Å². The Labute approximate surface area is 118 Å². The van der Waals surface area contributed by atoms with Gasteiger partial charge in [-0.1, -0.05) is 0 Å². The van der Waals surface area contributed by atoms with Crippen molar-refractivity contribution in [3.63, 3.8) is 0 Å². The summed E-state index contributed by atoms with van der Waals surface area (Å²) in [5.74, 6) is -0.431. The number of anilines is 1. The van der Waals surface area contributed by atoms with E-state index in [1.807, 2.05) is 30.5 Å². The predicted octanol–water partition coefficient (Wildman–Crippen LogP) is 2.20. The van der Waals surface area contributed by atoms with E-state index in [0.29, 0.717) is 5.69 Å². The zero-order chi connectivity index (χ0) is 14.9. The molecule has 20 heavy (non-hydrogen) atoms. The van der Waals surface area contributed by atoms with Crippen LogP contribution >= 0.6 is 0 Å². The summed E-state index contributed by atoms with van der Waals surface area (Å²) in [7, 11) is 0. The Balaban J connectivity index is 2.19. The molecule has 0 saturated carbocycles. The summed E-state index contributed by atoms with van der Waals surface area (Å²) in [6, 6.07) is 7.39. The molecule has 1 heterocycles. The van der Waals surface area contributed by atoms with Crippen LogP contribution in [0.5, 0.6) is 0 Å². The first kappa shape index (κ1) is 14.3. The number of rotatable bonds is 3. The van der Waals surface area contributed by atoms with E-state index in [-0.39, 0.29) is 0 Å². The lowest BCUT2D eigenvalue weighted by atomic mass is 10.1. The minimum Gasteiger partial charge on any atom is -0.381 e. The lowest BCUT2D eigenvalue weighted by molar-refractivity contribution is -0.130. The third-order valence-corrected chi connectivity index (χ3v) is 3.21. The van der Waals surface area contributed by atoms with E-state index in [1.165, 1.54) is 13.8 Å². The first-order valence-electron chi connectivity index (χ1n) is 6.44. The number of aliphatic hydroxyl groups is 1. The molecule has 0 radical (unpaired) electrons. The van der Waals surface area contributed by atoms with E-state index in [2.05, 4.69) is 10.3 Å². The van der Waals surface area contributed by atoms with Crippen molar-refractivity contribution in [1.29, 1.82) is 0 Å². The van der Waals surface area contributed by atoms with Gasteiger partial charge in [0.1, 0.15) is 5.60 Å². The lowest BCUT2D eigenvalue weighted by Gasteiger charge is -2.16. The molecule has 2 aromatic rings. The third kappa shape index (κ3) is 2.88.